The van der Waals surface area contributed by atoms with Gasteiger partial charge in [-0.15, -0.1) is 0 Å². The highest BCUT2D eigenvalue weighted by Gasteiger charge is 2.26. The van der Waals surface area contributed by atoms with Crippen molar-refractivity contribution in [3.63, 3.8) is 0 Å². The molecule has 0 fully saturated rings. The quantitative estimate of drug-likeness (QED) is 0.202. The third-order valence-electron chi connectivity index (χ3n) is 5.12. The third kappa shape index (κ3) is 9.92. The number of aliphatic hydroxyl groups is 1. The first-order chi connectivity index (χ1) is 18.7. The van der Waals surface area contributed by atoms with Gasteiger partial charge in [-0.3, -0.25) is 4.79 Å². The third-order valence-corrected chi connectivity index (χ3v) is 5.12. The first-order valence-electron chi connectivity index (χ1n) is 12.0. The molecule has 0 aliphatic rings. The van der Waals surface area contributed by atoms with Crippen LogP contribution in [0.25, 0.3) is 11.6 Å². The van der Waals surface area contributed by atoms with E-state index in [1.807, 2.05) is 6.07 Å². The Balaban J connectivity index is 0.000000459. The number of hydrogen-bond donors (Lipinski definition) is 4. The number of anilines is 1. The van der Waals surface area contributed by atoms with Crippen LogP contribution in [0.3, 0.4) is 0 Å². The lowest BCUT2D eigenvalue weighted by molar-refractivity contribution is -0.122. The van der Waals surface area contributed by atoms with Crippen LogP contribution in [0.5, 0.6) is 23.0 Å². The number of amides is 2. The van der Waals surface area contributed by atoms with Crippen molar-refractivity contribution in [2.75, 3.05) is 34.2 Å². The lowest BCUT2D eigenvalue weighted by Crippen LogP contribution is -2.51. The number of nitrogens with one attached hydrogen (secondary N) is 1. The van der Waals surface area contributed by atoms with E-state index in [2.05, 4.69) is 11.4 Å². The summed E-state index contributed by atoms with van der Waals surface area (Å²) in [6.45, 7) is 6.42. The Labute approximate surface area is 234 Å². The molecule has 2 atom stereocenters. The summed E-state index contributed by atoms with van der Waals surface area (Å²) in [6, 6.07) is 9.83. The largest absolute Gasteiger partial charge is 0.495 e. The second-order valence-electron chi connectivity index (χ2n) is 9.35. The number of methoxy groups -OCH3 is 4. The molecular weight excluding hydrogens is 520 g/mol. The number of benzene rings is 2. The Morgan fingerprint density at radius 3 is 1.93 bits per heavy atom. The molecule has 40 heavy (non-hydrogen) atoms. The first-order valence-corrected chi connectivity index (χ1v) is 12.0. The van der Waals surface area contributed by atoms with E-state index in [-0.39, 0.29) is 0 Å². The Morgan fingerprint density at radius 2 is 1.55 bits per heavy atom. The van der Waals surface area contributed by atoms with E-state index < -0.39 is 29.7 Å². The zero-order chi connectivity index (χ0) is 30.6. The Bertz CT molecular complexity index is 1220. The van der Waals surface area contributed by atoms with Gasteiger partial charge >= 0.3 is 6.09 Å². The van der Waals surface area contributed by atoms with Crippen LogP contribution in [0.15, 0.2) is 30.3 Å². The second-order valence-corrected chi connectivity index (χ2v) is 9.35. The fourth-order valence-corrected chi connectivity index (χ4v) is 3.29. The number of carbonyl (C=O) groups is 2. The topological polar surface area (TPSA) is 188 Å². The molecular formula is C28H38N4O8. The molecule has 0 aliphatic carbocycles. The van der Waals surface area contributed by atoms with Crippen LogP contribution < -0.4 is 35.7 Å². The summed E-state index contributed by atoms with van der Waals surface area (Å²) in [5.74, 6) is 1.21. The number of hydrogen-bond acceptors (Lipinski definition) is 10. The lowest BCUT2D eigenvalue weighted by Gasteiger charge is -2.23. The van der Waals surface area contributed by atoms with Gasteiger partial charge in [0.25, 0.3) is 0 Å². The zero-order valence-corrected chi connectivity index (χ0v) is 24.0. The molecule has 0 aliphatic heterocycles. The molecule has 2 aromatic carbocycles. The van der Waals surface area contributed by atoms with E-state index >= 15 is 0 Å². The molecule has 2 amide bonds. The normalized spacial score (nSPS) is 12.4. The highest BCUT2D eigenvalue weighted by atomic mass is 16.6. The van der Waals surface area contributed by atoms with Gasteiger partial charge in [-0.1, -0.05) is 6.07 Å². The summed E-state index contributed by atoms with van der Waals surface area (Å²) in [5, 5.41) is 20.9. The zero-order valence-electron chi connectivity index (χ0n) is 24.0. The molecule has 0 spiro atoms. The number of ether oxygens (including phenoxy) is 5. The number of nitrogen functional groups attached to an aromatic ring is 1. The number of rotatable bonds is 9. The Hall–Kier alpha value is -4.63. The molecule has 12 heteroatoms. The van der Waals surface area contributed by atoms with Crippen molar-refractivity contribution in [1.29, 1.82) is 5.26 Å². The minimum atomic E-state index is -1.14. The Kier molecular flexibility index (Phi) is 12.6. The van der Waals surface area contributed by atoms with Crippen LogP contribution in [0.1, 0.15) is 38.8 Å². The standard InChI is InChI=1S/C19H20N2O4.C9H18N2O4/c1-22-16-6-5-12(8-15(16)21)7-14(11-20)13-9-17(23-2)19(25-4)18(10-13)24-3;1-5(12)6(7(10)13)11-8(14)15-9(2,3)4/h5-10H,21H2,1-4H3;5-6,12H,1-4H3,(H2,10,13)(H,11,14)/t;5-,6+/m.1/s1. The summed E-state index contributed by atoms with van der Waals surface area (Å²) in [6.07, 6.45) is -0.113. The maximum Gasteiger partial charge on any atom is 0.408 e. The van der Waals surface area contributed by atoms with E-state index in [0.717, 1.165) is 5.56 Å². The maximum atomic E-state index is 11.2. The highest BCUT2D eigenvalue weighted by molar-refractivity contribution is 5.91. The average Bonchev–Trinajstić information content (AvgIpc) is 2.88. The molecule has 0 saturated heterocycles. The molecule has 12 nitrogen and oxygen atoms in total. The second kappa shape index (κ2) is 15.1. The fraction of sp³-hybridized carbons (Fsp3) is 0.393. The number of primary amides is 1. The van der Waals surface area contributed by atoms with E-state index in [4.69, 9.17) is 40.3 Å². The first kappa shape index (κ1) is 33.4. The van der Waals surface area contributed by atoms with Crippen LogP contribution in [0, 0.1) is 11.3 Å². The van der Waals surface area contributed by atoms with Crippen molar-refractivity contribution in [3.05, 3.63) is 41.5 Å². The number of nitrogens with zero attached hydrogens (tertiary/aromatic N) is 1. The summed E-state index contributed by atoms with van der Waals surface area (Å²) in [4.78, 5) is 22.1. The van der Waals surface area contributed by atoms with Crippen molar-refractivity contribution >= 4 is 29.3 Å². The van der Waals surface area contributed by atoms with Gasteiger partial charge in [0.15, 0.2) is 11.5 Å². The molecule has 0 heterocycles. The van der Waals surface area contributed by atoms with Gasteiger partial charge < -0.3 is 45.6 Å². The summed E-state index contributed by atoms with van der Waals surface area (Å²) in [5.41, 5.74) is 12.6. The molecule has 0 bridgehead atoms. The summed E-state index contributed by atoms with van der Waals surface area (Å²) in [7, 11) is 6.14. The van der Waals surface area contributed by atoms with Crippen molar-refractivity contribution in [3.8, 4) is 29.1 Å². The van der Waals surface area contributed by atoms with E-state index in [9.17, 15) is 14.9 Å². The number of alkyl carbamates (subject to hydrolysis) is 1. The van der Waals surface area contributed by atoms with Crippen LogP contribution in [0.4, 0.5) is 10.5 Å². The van der Waals surface area contributed by atoms with Crippen LogP contribution in [-0.2, 0) is 9.53 Å². The van der Waals surface area contributed by atoms with Gasteiger partial charge in [0.1, 0.15) is 17.4 Å². The smallest absolute Gasteiger partial charge is 0.408 e. The van der Waals surface area contributed by atoms with Gasteiger partial charge in [-0.05, 0) is 69.2 Å². The van der Waals surface area contributed by atoms with Crippen molar-refractivity contribution in [2.24, 2.45) is 5.73 Å². The van der Waals surface area contributed by atoms with E-state index in [1.54, 1.807) is 58.2 Å². The average molecular weight is 559 g/mol. The number of carbonyl (C=O) groups excluding carboxylic acids is 2. The van der Waals surface area contributed by atoms with Crippen LogP contribution in [0.2, 0.25) is 0 Å². The van der Waals surface area contributed by atoms with Gasteiger partial charge in [0.2, 0.25) is 11.7 Å². The molecule has 2 rings (SSSR count). The van der Waals surface area contributed by atoms with Gasteiger partial charge in [-0.25, -0.2) is 4.79 Å². The highest BCUT2D eigenvalue weighted by Crippen LogP contribution is 2.40. The molecule has 0 aromatic heterocycles. The van der Waals surface area contributed by atoms with Gasteiger partial charge in [0.05, 0.1) is 51.9 Å². The number of nitriles is 1. The fourth-order valence-electron chi connectivity index (χ4n) is 3.29. The minimum Gasteiger partial charge on any atom is -0.495 e. The lowest BCUT2D eigenvalue weighted by atomic mass is 10.0. The van der Waals surface area contributed by atoms with E-state index in [1.165, 1.54) is 28.3 Å². The van der Waals surface area contributed by atoms with Crippen LogP contribution in [-0.4, -0.2) is 63.3 Å². The summed E-state index contributed by atoms with van der Waals surface area (Å²) < 4.78 is 26.0. The number of allylic oxidation sites excluding steroid dienone is 1. The molecule has 2 aromatic rings. The summed E-state index contributed by atoms with van der Waals surface area (Å²) >= 11 is 0. The molecule has 0 radical (unpaired) electrons. The van der Waals surface area contributed by atoms with Crippen molar-refractivity contribution < 1.29 is 38.4 Å². The maximum absolute atomic E-state index is 11.2. The predicted octanol–water partition coefficient (Wildman–Crippen LogP) is 3.11. The number of nitrogens with two attached hydrogens (primary N) is 2. The molecule has 6 N–H and O–H groups in total. The van der Waals surface area contributed by atoms with Gasteiger partial charge in [0, 0.05) is 0 Å². The molecule has 0 unspecified atom stereocenters. The van der Waals surface area contributed by atoms with Gasteiger partial charge in [-0.2, -0.15) is 5.26 Å². The van der Waals surface area contributed by atoms with Crippen molar-refractivity contribution in [1.82, 2.24) is 5.32 Å². The van der Waals surface area contributed by atoms with Crippen LogP contribution >= 0.6 is 0 Å². The number of aliphatic hydroxyl groups excluding tert-OH is 1. The predicted molar refractivity (Wildman–Crippen MR) is 151 cm³/mol. The monoisotopic (exact) mass is 558 g/mol. The molecule has 0 saturated carbocycles. The Morgan fingerprint density at radius 1 is 1.00 bits per heavy atom. The molecule has 218 valence electrons. The SMILES string of the molecule is COc1ccc(C=C(C#N)c2cc(OC)c(OC)c(OC)c2)cc1N.C[C@@H](O)[C@H](NC(=O)OC(C)(C)C)C(N)=O. The van der Waals surface area contributed by atoms with Crippen molar-refractivity contribution in [2.45, 2.75) is 45.4 Å². The minimum absolute atomic E-state index is 0.434. The van der Waals surface area contributed by atoms with E-state index in [0.29, 0.717) is 39.8 Å².